The molecule has 0 heterocycles. The van der Waals surface area contributed by atoms with Crippen LogP contribution in [-0.4, -0.2) is 33.3 Å². The molecule has 2 aromatic rings. The van der Waals surface area contributed by atoms with Gasteiger partial charge in [0, 0.05) is 18.9 Å². The molecule has 132 valence electrons. The molecule has 2 aromatic carbocycles. The van der Waals surface area contributed by atoms with Crippen molar-refractivity contribution < 1.29 is 24.9 Å². The molecular weight excluding hydrogens is 320 g/mol. The SMILES string of the molecule is CC(C)=CCOc1cc(O)c2c(O)c3c(cc2c1)C[C@@](C)(O)CC3=O. The molecule has 1 aliphatic carbocycles. The van der Waals surface area contributed by atoms with Crippen molar-refractivity contribution in [2.45, 2.75) is 39.2 Å². The van der Waals surface area contributed by atoms with E-state index in [0.29, 0.717) is 23.3 Å². The summed E-state index contributed by atoms with van der Waals surface area (Å²) >= 11 is 0. The quantitative estimate of drug-likeness (QED) is 0.744. The highest BCUT2D eigenvalue weighted by Gasteiger charge is 2.35. The lowest BCUT2D eigenvalue weighted by Gasteiger charge is -2.29. The number of carbonyl (C=O) groups is 1. The summed E-state index contributed by atoms with van der Waals surface area (Å²) in [7, 11) is 0. The molecule has 0 aromatic heterocycles. The Morgan fingerprint density at radius 1 is 1.24 bits per heavy atom. The number of hydrogen-bond acceptors (Lipinski definition) is 5. The zero-order valence-corrected chi connectivity index (χ0v) is 14.6. The van der Waals surface area contributed by atoms with E-state index < -0.39 is 5.60 Å². The van der Waals surface area contributed by atoms with Crippen molar-refractivity contribution in [1.29, 1.82) is 0 Å². The number of fused-ring (bicyclic) bond motifs is 2. The minimum absolute atomic E-state index is 0.0519. The number of Topliss-reactive ketones (excluding diaryl/α,β-unsaturated/α-hetero) is 1. The number of carbonyl (C=O) groups excluding carboxylic acids is 1. The number of phenols is 2. The number of ether oxygens (including phenoxy) is 1. The van der Waals surface area contributed by atoms with Gasteiger partial charge < -0.3 is 20.1 Å². The fourth-order valence-electron chi connectivity index (χ4n) is 3.28. The Morgan fingerprint density at radius 2 is 1.96 bits per heavy atom. The zero-order chi connectivity index (χ0) is 18.4. The number of rotatable bonds is 3. The Kier molecular flexibility index (Phi) is 4.21. The lowest BCUT2D eigenvalue weighted by molar-refractivity contribution is 0.0409. The third kappa shape index (κ3) is 3.33. The van der Waals surface area contributed by atoms with E-state index in [9.17, 15) is 20.1 Å². The Balaban J connectivity index is 2.11. The molecule has 0 saturated carbocycles. The molecule has 5 nitrogen and oxygen atoms in total. The van der Waals surface area contributed by atoms with E-state index in [4.69, 9.17) is 4.74 Å². The number of benzene rings is 2. The van der Waals surface area contributed by atoms with Gasteiger partial charge in [-0.2, -0.15) is 0 Å². The van der Waals surface area contributed by atoms with E-state index in [-0.39, 0.29) is 41.1 Å². The zero-order valence-electron chi connectivity index (χ0n) is 14.6. The van der Waals surface area contributed by atoms with E-state index in [2.05, 4.69) is 0 Å². The van der Waals surface area contributed by atoms with Gasteiger partial charge in [0.1, 0.15) is 23.9 Å². The summed E-state index contributed by atoms with van der Waals surface area (Å²) in [6.07, 6.45) is 2.13. The van der Waals surface area contributed by atoms with Crippen molar-refractivity contribution in [3.63, 3.8) is 0 Å². The second-order valence-electron chi connectivity index (χ2n) is 7.17. The van der Waals surface area contributed by atoms with Gasteiger partial charge in [-0.3, -0.25) is 4.79 Å². The van der Waals surface area contributed by atoms with Crippen LogP contribution in [0.5, 0.6) is 17.2 Å². The molecule has 25 heavy (non-hydrogen) atoms. The van der Waals surface area contributed by atoms with Gasteiger partial charge in [-0.05, 0) is 49.9 Å². The van der Waals surface area contributed by atoms with Crippen molar-refractivity contribution >= 4 is 16.6 Å². The first kappa shape index (κ1) is 17.3. The molecule has 0 spiro atoms. The van der Waals surface area contributed by atoms with Gasteiger partial charge in [0.25, 0.3) is 0 Å². The third-order valence-corrected chi connectivity index (χ3v) is 4.38. The van der Waals surface area contributed by atoms with Crippen LogP contribution in [0.1, 0.15) is 43.1 Å². The highest BCUT2D eigenvalue weighted by Crippen LogP contribution is 2.43. The predicted octanol–water partition coefficient (Wildman–Crippen LogP) is 3.48. The minimum Gasteiger partial charge on any atom is -0.507 e. The lowest BCUT2D eigenvalue weighted by atomic mass is 9.79. The molecule has 5 heteroatoms. The van der Waals surface area contributed by atoms with E-state index >= 15 is 0 Å². The van der Waals surface area contributed by atoms with Crippen LogP contribution in [0.2, 0.25) is 0 Å². The Labute approximate surface area is 146 Å². The molecule has 0 bridgehead atoms. The smallest absolute Gasteiger partial charge is 0.169 e. The van der Waals surface area contributed by atoms with Crippen LogP contribution in [0.3, 0.4) is 0 Å². The number of ketones is 1. The molecule has 0 aliphatic heterocycles. The molecular formula is C20H22O5. The van der Waals surface area contributed by atoms with Crippen LogP contribution >= 0.6 is 0 Å². The first-order valence-electron chi connectivity index (χ1n) is 8.21. The summed E-state index contributed by atoms with van der Waals surface area (Å²) in [4.78, 5) is 12.3. The van der Waals surface area contributed by atoms with E-state index in [0.717, 1.165) is 5.57 Å². The van der Waals surface area contributed by atoms with Crippen molar-refractivity contribution in [2.75, 3.05) is 6.61 Å². The maximum absolute atomic E-state index is 12.3. The first-order valence-corrected chi connectivity index (χ1v) is 8.21. The summed E-state index contributed by atoms with van der Waals surface area (Å²) < 4.78 is 5.62. The van der Waals surface area contributed by atoms with Gasteiger partial charge in [0.2, 0.25) is 0 Å². The molecule has 3 N–H and O–H groups in total. The molecule has 0 saturated heterocycles. The predicted molar refractivity (Wildman–Crippen MR) is 95.5 cm³/mol. The highest BCUT2D eigenvalue weighted by molar-refractivity contribution is 6.09. The van der Waals surface area contributed by atoms with Gasteiger partial charge >= 0.3 is 0 Å². The average molecular weight is 342 g/mol. The molecule has 3 rings (SSSR count). The lowest BCUT2D eigenvalue weighted by Crippen LogP contribution is -2.35. The second-order valence-corrected chi connectivity index (χ2v) is 7.17. The van der Waals surface area contributed by atoms with Crippen LogP contribution in [0.25, 0.3) is 10.8 Å². The number of hydrogen-bond donors (Lipinski definition) is 3. The maximum atomic E-state index is 12.3. The summed E-state index contributed by atoms with van der Waals surface area (Å²) in [5, 5.41) is 31.9. The third-order valence-electron chi connectivity index (χ3n) is 4.38. The summed E-state index contributed by atoms with van der Waals surface area (Å²) in [6.45, 7) is 5.91. The van der Waals surface area contributed by atoms with Crippen molar-refractivity contribution in [1.82, 2.24) is 0 Å². The van der Waals surface area contributed by atoms with Gasteiger partial charge in [-0.15, -0.1) is 0 Å². The van der Waals surface area contributed by atoms with Gasteiger partial charge in [-0.1, -0.05) is 5.57 Å². The maximum Gasteiger partial charge on any atom is 0.169 e. The first-order chi connectivity index (χ1) is 11.7. The van der Waals surface area contributed by atoms with Gasteiger partial charge in [0.05, 0.1) is 16.6 Å². The number of aliphatic hydroxyl groups is 1. The monoisotopic (exact) mass is 342 g/mol. The summed E-state index contributed by atoms with van der Waals surface area (Å²) in [5.74, 6) is -0.235. The van der Waals surface area contributed by atoms with E-state index in [1.165, 1.54) is 6.07 Å². The topological polar surface area (TPSA) is 87.0 Å². The van der Waals surface area contributed by atoms with E-state index in [1.54, 1.807) is 19.1 Å². The second kappa shape index (κ2) is 6.08. The largest absolute Gasteiger partial charge is 0.507 e. The molecule has 1 atom stereocenters. The molecule has 0 unspecified atom stereocenters. The average Bonchev–Trinajstić information content (AvgIpc) is 2.43. The van der Waals surface area contributed by atoms with Crippen LogP contribution in [-0.2, 0) is 6.42 Å². The van der Waals surface area contributed by atoms with Crippen molar-refractivity contribution in [3.8, 4) is 17.2 Å². The molecule has 1 aliphatic rings. The van der Waals surface area contributed by atoms with Gasteiger partial charge in [-0.25, -0.2) is 0 Å². The normalized spacial score (nSPS) is 19.6. The molecule has 0 fully saturated rings. The fourth-order valence-corrected chi connectivity index (χ4v) is 3.28. The van der Waals surface area contributed by atoms with Gasteiger partial charge in [0.15, 0.2) is 5.78 Å². The Hall–Kier alpha value is -2.53. The summed E-state index contributed by atoms with van der Waals surface area (Å²) in [5.41, 5.74) is 0.751. The Bertz CT molecular complexity index is 889. The van der Waals surface area contributed by atoms with Crippen molar-refractivity contribution in [3.05, 3.63) is 41.0 Å². The Morgan fingerprint density at radius 3 is 2.64 bits per heavy atom. The molecule has 0 amide bonds. The standard InChI is InChI=1S/C20H22O5/c1-11(2)4-5-25-14-7-12-6-13-9-20(3,24)10-16(22)18(13)19(23)17(12)15(21)8-14/h4,6-8,21,23-24H,5,9-10H2,1-3H3/t20-/m1/s1. The van der Waals surface area contributed by atoms with E-state index in [1.807, 2.05) is 19.9 Å². The number of allylic oxidation sites excluding steroid dienone is 1. The van der Waals surface area contributed by atoms with Crippen LogP contribution in [0.15, 0.2) is 29.8 Å². The fraction of sp³-hybridized carbons (Fsp3) is 0.350. The minimum atomic E-state index is -1.14. The molecule has 0 radical (unpaired) electrons. The number of aromatic hydroxyl groups is 2. The van der Waals surface area contributed by atoms with Crippen LogP contribution < -0.4 is 4.74 Å². The van der Waals surface area contributed by atoms with Crippen LogP contribution in [0, 0.1) is 0 Å². The van der Waals surface area contributed by atoms with Crippen molar-refractivity contribution in [2.24, 2.45) is 0 Å². The summed E-state index contributed by atoms with van der Waals surface area (Å²) in [6, 6.07) is 4.86. The number of phenolic OH excluding ortho intramolecular Hbond substituents is 2. The highest BCUT2D eigenvalue weighted by atomic mass is 16.5. The van der Waals surface area contributed by atoms with Crippen LogP contribution in [0.4, 0.5) is 0 Å².